The fourth-order valence-corrected chi connectivity index (χ4v) is 1.10. The molecule has 0 aliphatic rings. The van der Waals surface area contributed by atoms with Gasteiger partial charge >= 0.3 is 11.8 Å². The Hall–Kier alpha value is -1.62. The van der Waals surface area contributed by atoms with Crippen LogP contribution in [0.4, 0.5) is 0 Å². The maximum absolute atomic E-state index is 11.8. The molecule has 0 bridgehead atoms. The van der Waals surface area contributed by atoms with Crippen LogP contribution in [0.15, 0.2) is 25.3 Å². The number of nitrogens with zero attached hydrogens (tertiary/aromatic N) is 1. The highest BCUT2D eigenvalue weighted by Gasteiger charge is 2.26. The highest BCUT2D eigenvalue weighted by molar-refractivity contribution is 6.35. The first kappa shape index (κ1) is 15.4. The van der Waals surface area contributed by atoms with Gasteiger partial charge in [0.2, 0.25) is 0 Å². The van der Waals surface area contributed by atoms with E-state index in [0.29, 0.717) is 0 Å². The van der Waals surface area contributed by atoms with Gasteiger partial charge in [0.1, 0.15) is 0 Å². The number of aliphatic hydroxyl groups excluding tert-OH is 1. The van der Waals surface area contributed by atoms with Crippen LogP contribution in [0.3, 0.4) is 0 Å². The van der Waals surface area contributed by atoms with Gasteiger partial charge < -0.3 is 15.3 Å². The molecule has 2 N–H and O–H groups in total. The molecule has 0 spiro atoms. The fraction of sp³-hybridized carbons (Fsp3) is 0.500. The second kappa shape index (κ2) is 6.85. The Morgan fingerprint density at radius 3 is 2.12 bits per heavy atom. The predicted octanol–water partition coefficient (Wildman–Crippen LogP) is 0.0741. The Balaban J connectivity index is 4.60. The van der Waals surface area contributed by atoms with Gasteiger partial charge in [-0.25, -0.2) is 0 Å². The summed E-state index contributed by atoms with van der Waals surface area (Å²) >= 11 is 0. The third kappa shape index (κ3) is 5.31. The van der Waals surface area contributed by atoms with Crippen LogP contribution in [0, 0.1) is 0 Å². The van der Waals surface area contributed by atoms with Gasteiger partial charge in [-0.2, -0.15) is 0 Å². The molecule has 0 saturated heterocycles. The number of carbonyl (C=O) groups excluding carboxylic acids is 2. The Bertz CT molecular complexity index is 301. The first-order valence-corrected chi connectivity index (χ1v) is 5.32. The number of carbonyl (C=O) groups is 2. The lowest BCUT2D eigenvalue weighted by Gasteiger charge is -2.25. The molecule has 0 unspecified atom stereocenters. The highest BCUT2D eigenvalue weighted by atomic mass is 16.3. The van der Waals surface area contributed by atoms with E-state index in [2.05, 4.69) is 18.5 Å². The van der Waals surface area contributed by atoms with E-state index in [-0.39, 0.29) is 19.7 Å². The van der Waals surface area contributed by atoms with Crippen LogP contribution in [0.25, 0.3) is 0 Å². The minimum absolute atomic E-state index is 0.241. The number of amides is 2. The van der Waals surface area contributed by atoms with Crippen LogP contribution in [-0.4, -0.2) is 47.1 Å². The normalized spacial score (nSPS) is 10.5. The zero-order valence-electron chi connectivity index (χ0n) is 10.4. The van der Waals surface area contributed by atoms with Crippen LogP contribution in [0.2, 0.25) is 0 Å². The monoisotopic (exact) mass is 240 g/mol. The third-order valence-corrected chi connectivity index (χ3v) is 2.03. The number of rotatable bonds is 6. The van der Waals surface area contributed by atoms with Crippen molar-refractivity contribution in [1.82, 2.24) is 10.2 Å². The van der Waals surface area contributed by atoms with Gasteiger partial charge in [0.15, 0.2) is 0 Å². The van der Waals surface area contributed by atoms with Gasteiger partial charge in [0, 0.05) is 13.1 Å². The van der Waals surface area contributed by atoms with Crippen molar-refractivity contribution in [2.24, 2.45) is 0 Å². The van der Waals surface area contributed by atoms with Gasteiger partial charge in [-0.15, -0.1) is 13.2 Å². The average molecular weight is 240 g/mol. The van der Waals surface area contributed by atoms with Crippen molar-refractivity contribution < 1.29 is 14.7 Å². The second-order valence-electron chi connectivity index (χ2n) is 4.28. The minimum Gasteiger partial charge on any atom is -0.394 e. The summed E-state index contributed by atoms with van der Waals surface area (Å²) < 4.78 is 0. The lowest BCUT2D eigenvalue weighted by Crippen LogP contribution is -2.52. The van der Waals surface area contributed by atoms with Gasteiger partial charge in [0.05, 0.1) is 12.1 Å². The predicted molar refractivity (Wildman–Crippen MR) is 66.3 cm³/mol. The molecule has 0 atom stereocenters. The van der Waals surface area contributed by atoms with Crippen LogP contribution in [-0.2, 0) is 9.59 Å². The summed E-state index contributed by atoms with van der Waals surface area (Å²) in [5, 5.41) is 11.5. The fourth-order valence-electron chi connectivity index (χ4n) is 1.10. The molecule has 5 nitrogen and oxygen atoms in total. The number of hydrogen-bond acceptors (Lipinski definition) is 3. The van der Waals surface area contributed by atoms with Crippen LogP contribution < -0.4 is 5.32 Å². The van der Waals surface area contributed by atoms with Crippen molar-refractivity contribution in [3.8, 4) is 0 Å². The second-order valence-corrected chi connectivity index (χ2v) is 4.28. The van der Waals surface area contributed by atoms with E-state index in [1.807, 2.05) is 0 Å². The molecule has 0 aliphatic carbocycles. The van der Waals surface area contributed by atoms with Crippen molar-refractivity contribution in [2.75, 3.05) is 19.7 Å². The van der Waals surface area contributed by atoms with Gasteiger partial charge in [-0.05, 0) is 13.8 Å². The highest BCUT2D eigenvalue weighted by Crippen LogP contribution is 2.01. The van der Waals surface area contributed by atoms with Crippen LogP contribution >= 0.6 is 0 Å². The molecule has 0 aliphatic heterocycles. The maximum atomic E-state index is 11.8. The van der Waals surface area contributed by atoms with Crippen molar-refractivity contribution in [2.45, 2.75) is 19.4 Å². The lowest BCUT2D eigenvalue weighted by atomic mass is 10.1. The first-order chi connectivity index (χ1) is 7.87. The molecule has 0 rings (SSSR count). The van der Waals surface area contributed by atoms with E-state index >= 15 is 0 Å². The van der Waals surface area contributed by atoms with Crippen molar-refractivity contribution in [3.63, 3.8) is 0 Å². The standard InChI is InChI=1S/C12H20N2O3/c1-5-7-14(8-6-2)11(17)10(16)13-12(3,4)9-15/h5-6,15H,1-2,7-9H2,3-4H3,(H,13,16). The summed E-state index contributed by atoms with van der Waals surface area (Å²) in [5.74, 6) is -1.40. The molecule has 0 fully saturated rings. The zero-order chi connectivity index (χ0) is 13.5. The van der Waals surface area contributed by atoms with Crippen LogP contribution in [0.5, 0.6) is 0 Å². The summed E-state index contributed by atoms with van der Waals surface area (Å²) in [6.07, 6.45) is 3.07. The number of aliphatic hydroxyl groups is 1. The molecule has 96 valence electrons. The summed E-state index contributed by atoms with van der Waals surface area (Å²) in [6.45, 7) is 10.6. The number of nitrogens with one attached hydrogen (secondary N) is 1. The van der Waals surface area contributed by atoms with E-state index in [4.69, 9.17) is 5.11 Å². The third-order valence-electron chi connectivity index (χ3n) is 2.03. The summed E-state index contributed by atoms with van der Waals surface area (Å²) in [4.78, 5) is 24.7. The molecule has 0 aromatic rings. The SMILES string of the molecule is C=CCN(CC=C)C(=O)C(=O)NC(C)(C)CO. The largest absolute Gasteiger partial charge is 0.394 e. The molecule has 0 saturated carbocycles. The van der Waals surface area contributed by atoms with Gasteiger partial charge in [-0.1, -0.05) is 12.2 Å². The van der Waals surface area contributed by atoms with Crippen molar-refractivity contribution in [1.29, 1.82) is 0 Å². The molecule has 17 heavy (non-hydrogen) atoms. The smallest absolute Gasteiger partial charge is 0.312 e. The Labute approximate surface area is 102 Å². The molecule has 5 heteroatoms. The van der Waals surface area contributed by atoms with E-state index in [0.717, 1.165) is 0 Å². The van der Waals surface area contributed by atoms with E-state index in [1.54, 1.807) is 13.8 Å². The van der Waals surface area contributed by atoms with E-state index < -0.39 is 17.4 Å². The maximum Gasteiger partial charge on any atom is 0.312 e. The molecular weight excluding hydrogens is 220 g/mol. The molecule has 0 aromatic heterocycles. The Morgan fingerprint density at radius 1 is 1.29 bits per heavy atom. The van der Waals surface area contributed by atoms with Gasteiger partial charge in [-0.3, -0.25) is 9.59 Å². The quantitative estimate of drug-likeness (QED) is 0.510. The molecule has 2 amide bonds. The summed E-state index contributed by atoms with van der Waals surface area (Å²) in [6, 6.07) is 0. The molecule has 0 heterocycles. The Kier molecular flexibility index (Phi) is 6.20. The average Bonchev–Trinajstić information content (AvgIpc) is 2.27. The summed E-state index contributed by atoms with van der Waals surface area (Å²) in [7, 11) is 0. The lowest BCUT2D eigenvalue weighted by molar-refractivity contribution is -0.146. The molecule has 0 aromatic carbocycles. The minimum atomic E-state index is -0.819. The molecular formula is C12H20N2O3. The van der Waals surface area contributed by atoms with Crippen molar-refractivity contribution >= 4 is 11.8 Å². The molecule has 0 radical (unpaired) electrons. The van der Waals surface area contributed by atoms with Crippen molar-refractivity contribution in [3.05, 3.63) is 25.3 Å². The summed E-state index contributed by atoms with van der Waals surface area (Å²) in [5.41, 5.74) is -0.819. The van der Waals surface area contributed by atoms with Gasteiger partial charge in [0.25, 0.3) is 0 Å². The zero-order valence-corrected chi connectivity index (χ0v) is 10.4. The number of hydrogen-bond donors (Lipinski definition) is 2. The van der Waals surface area contributed by atoms with E-state index in [1.165, 1.54) is 17.1 Å². The van der Waals surface area contributed by atoms with Crippen LogP contribution in [0.1, 0.15) is 13.8 Å². The first-order valence-electron chi connectivity index (χ1n) is 5.32. The Morgan fingerprint density at radius 2 is 1.76 bits per heavy atom. The topological polar surface area (TPSA) is 69.6 Å². The van der Waals surface area contributed by atoms with E-state index in [9.17, 15) is 9.59 Å².